The number of hydrogen-bond donors (Lipinski definition) is 2. The highest BCUT2D eigenvalue weighted by Crippen LogP contribution is 2.35. The van der Waals surface area contributed by atoms with Crippen molar-refractivity contribution in [2.24, 2.45) is 5.92 Å². The van der Waals surface area contributed by atoms with Gasteiger partial charge in [0, 0.05) is 32.1 Å². The van der Waals surface area contributed by atoms with E-state index in [1.54, 1.807) is 0 Å². The van der Waals surface area contributed by atoms with E-state index < -0.39 is 11.5 Å². The van der Waals surface area contributed by atoms with Crippen LogP contribution in [-0.2, 0) is 4.79 Å². The maximum absolute atomic E-state index is 11.6. The van der Waals surface area contributed by atoms with E-state index >= 15 is 0 Å². The normalized spacial score (nSPS) is 36.4. The summed E-state index contributed by atoms with van der Waals surface area (Å²) in [5.74, 6) is -0.390. The highest BCUT2D eigenvalue weighted by atomic mass is 16.4. The molecule has 0 aromatic carbocycles. The zero-order valence-corrected chi connectivity index (χ0v) is 10.8. The molecule has 0 aliphatic carbocycles. The maximum atomic E-state index is 11.6. The summed E-state index contributed by atoms with van der Waals surface area (Å²) in [4.78, 5) is 16.1. The molecule has 2 N–H and O–H groups in total. The summed E-state index contributed by atoms with van der Waals surface area (Å²) in [6.07, 6.45) is 1.75. The number of hydrogen-bond acceptors (Lipinski definition) is 4. The Balaban J connectivity index is 2.02. The van der Waals surface area contributed by atoms with Crippen molar-refractivity contribution in [2.45, 2.75) is 18.4 Å². The Labute approximate surface area is 103 Å². The Morgan fingerprint density at radius 3 is 2.94 bits per heavy atom. The molecule has 3 atom stereocenters. The summed E-state index contributed by atoms with van der Waals surface area (Å²) in [7, 11) is 4.01. The average Bonchev–Trinajstić information content (AvgIpc) is 2.65. The van der Waals surface area contributed by atoms with Gasteiger partial charge in [-0.3, -0.25) is 4.79 Å². The van der Waals surface area contributed by atoms with Gasteiger partial charge in [-0.1, -0.05) is 0 Å². The lowest BCUT2D eigenvalue weighted by Gasteiger charge is -2.40. The zero-order valence-electron chi connectivity index (χ0n) is 10.8. The molecule has 5 nitrogen and oxygen atoms in total. The number of carboxylic acid groups (broad SMARTS) is 1. The van der Waals surface area contributed by atoms with Gasteiger partial charge in [-0.15, -0.1) is 0 Å². The highest BCUT2D eigenvalue weighted by molar-refractivity contribution is 5.79. The molecule has 2 aliphatic heterocycles. The fourth-order valence-electron chi connectivity index (χ4n) is 3.07. The quantitative estimate of drug-likeness (QED) is 0.691. The summed E-state index contributed by atoms with van der Waals surface area (Å²) < 4.78 is 0. The van der Waals surface area contributed by atoms with Crippen LogP contribution in [0.5, 0.6) is 0 Å². The Bertz CT molecular complexity index is 295. The molecule has 0 aromatic heterocycles. The van der Waals surface area contributed by atoms with Crippen molar-refractivity contribution in [1.29, 1.82) is 0 Å². The smallest absolute Gasteiger partial charge is 0.324 e. The van der Waals surface area contributed by atoms with Gasteiger partial charge in [-0.25, -0.2) is 0 Å². The van der Waals surface area contributed by atoms with Crippen molar-refractivity contribution in [2.75, 3.05) is 46.8 Å². The predicted octanol–water partition coefficient (Wildman–Crippen LogP) is -0.313. The van der Waals surface area contributed by atoms with Crippen LogP contribution in [-0.4, -0.2) is 73.2 Å². The first-order valence-corrected chi connectivity index (χ1v) is 6.40. The molecule has 5 heteroatoms. The fraction of sp³-hybridized carbons (Fsp3) is 0.917. The molecule has 2 aliphatic rings. The van der Waals surface area contributed by atoms with Gasteiger partial charge in [0.1, 0.15) is 5.54 Å². The molecular weight excluding hydrogens is 218 g/mol. The Hall–Kier alpha value is -0.650. The number of rotatable bonds is 5. The van der Waals surface area contributed by atoms with Crippen LogP contribution in [0.4, 0.5) is 0 Å². The number of piperidine rings is 1. The average molecular weight is 241 g/mol. The summed E-state index contributed by atoms with van der Waals surface area (Å²) in [6.45, 7) is 4.55. The molecule has 0 aromatic rings. The number of likely N-dealkylation sites (N-methyl/N-ethyl adjacent to an activating group) is 1. The van der Waals surface area contributed by atoms with Crippen LogP contribution in [0, 0.1) is 5.92 Å². The zero-order chi connectivity index (χ0) is 12.5. The SMILES string of the molecule is CN(C)CCNC1(C(=O)O)CCN2CCC1C2. The van der Waals surface area contributed by atoms with Gasteiger partial charge in [-0.2, -0.15) is 0 Å². The molecule has 0 spiro atoms. The minimum atomic E-state index is -0.678. The molecule has 2 fully saturated rings. The van der Waals surface area contributed by atoms with Crippen LogP contribution in [0.15, 0.2) is 0 Å². The third-order valence-electron chi connectivity index (χ3n) is 4.17. The van der Waals surface area contributed by atoms with Gasteiger partial charge < -0.3 is 20.2 Å². The van der Waals surface area contributed by atoms with Crippen LogP contribution in [0.3, 0.4) is 0 Å². The second kappa shape index (κ2) is 4.92. The lowest BCUT2D eigenvalue weighted by molar-refractivity contribution is -0.149. The van der Waals surface area contributed by atoms with Crippen LogP contribution in [0.2, 0.25) is 0 Å². The van der Waals surface area contributed by atoms with Crippen molar-refractivity contribution < 1.29 is 9.90 Å². The van der Waals surface area contributed by atoms with Crippen LogP contribution in [0.25, 0.3) is 0 Å². The van der Waals surface area contributed by atoms with Gasteiger partial charge in [-0.05, 0) is 33.5 Å². The van der Waals surface area contributed by atoms with E-state index in [-0.39, 0.29) is 5.92 Å². The van der Waals surface area contributed by atoms with Gasteiger partial charge in [0.25, 0.3) is 0 Å². The molecule has 17 heavy (non-hydrogen) atoms. The van der Waals surface area contributed by atoms with Crippen molar-refractivity contribution in [3.8, 4) is 0 Å². The van der Waals surface area contributed by atoms with E-state index in [1.165, 1.54) is 0 Å². The predicted molar refractivity (Wildman–Crippen MR) is 66.1 cm³/mol. The number of carbonyl (C=O) groups is 1. The van der Waals surface area contributed by atoms with Gasteiger partial charge in [0.15, 0.2) is 0 Å². The van der Waals surface area contributed by atoms with E-state index in [0.717, 1.165) is 45.6 Å². The number of fused-ring (bicyclic) bond motifs is 2. The molecule has 98 valence electrons. The third kappa shape index (κ3) is 2.46. The minimum absolute atomic E-state index is 0.274. The monoisotopic (exact) mass is 241 g/mol. The van der Waals surface area contributed by atoms with Crippen molar-refractivity contribution in [3.63, 3.8) is 0 Å². The highest BCUT2D eigenvalue weighted by Gasteiger charge is 2.51. The van der Waals surface area contributed by atoms with Crippen LogP contribution < -0.4 is 5.32 Å². The Morgan fingerprint density at radius 2 is 2.29 bits per heavy atom. The van der Waals surface area contributed by atoms with Gasteiger partial charge >= 0.3 is 5.97 Å². The number of nitrogens with zero attached hydrogens (tertiary/aromatic N) is 2. The fourth-order valence-corrected chi connectivity index (χ4v) is 3.07. The standard InChI is InChI=1S/C12H23N3O2/c1-14(2)8-5-13-12(11(16)17)4-7-15-6-3-10(12)9-15/h10,13H,3-9H2,1-2H3,(H,16,17). The van der Waals surface area contributed by atoms with Crippen molar-refractivity contribution in [1.82, 2.24) is 15.1 Å². The Morgan fingerprint density at radius 1 is 1.53 bits per heavy atom. The summed E-state index contributed by atoms with van der Waals surface area (Å²) in [5.41, 5.74) is -0.678. The van der Waals surface area contributed by atoms with E-state index in [4.69, 9.17) is 0 Å². The largest absolute Gasteiger partial charge is 0.480 e. The third-order valence-corrected chi connectivity index (χ3v) is 4.17. The van der Waals surface area contributed by atoms with E-state index in [1.807, 2.05) is 14.1 Å². The number of carboxylic acids is 1. The molecule has 2 rings (SSSR count). The molecule has 2 saturated heterocycles. The van der Waals surface area contributed by atoms with E-state index in [9.17, 15) is 9.90 Å². The maximum Gasteiger partial charge on any atom is 0.324 e. The first kappa shape index (κ1) is 12.8. The van der Waals surface area contributed by atoms with Crippen LogP contribution >= 0.6 is 0 Å². The summed E-state index contributed by atoms with van der Waals surface area (Å²) in [5, 5.41) is 12.9. The molecule has 0 saturated carbocycles. The van der Waals surface area contributed by atoms with Crippen LogP contribution in [0.1, 0.15) is 12.8 Å². The van der Waals surface area contributed by atoms with Crippen molar-refractivity contribution >= 4 is 5.97 Å². The molecule has 0 radical (unpaired) electrons. The van der Waals surface area contributed by atoms with E-state index in [0.29, 0.717) is 0 Å². The molecule has 2 heterocycles. The number of aliphatic carboxylic acids is 1. The molecule has 0 amide bonds. The first-order chi connectivity index (χ1) is 8.04. The lowest BCUT2D eigenvalue weighted by atomic mass is 9.78. The van der Waals surface area contributed by atoms with Gasteiger partial charge in [0.2, 0.25) is 0 Å². The van der Waals surface area contributed by atoms with E-state index in [2.05, 4.69) is 15.1 Å². The Kier molecular flexibility index (Phi) is 3.70. The topological polar surface area (TPSA) is 55.8 Å². The lowest BCUT2D eigenvalue weighted by Crippen LogP contribution is -2.62. The minimum Gasteiger partial charge on any atom is -0.480 e. The summed E-state index contributed by atoms with van der Waals surface area (Å²) >= 11 is 0. The first-order valence-electron chi connectivity index (χ1n) is 6.40. The molecular formula is C12H23N3O2. The van der Waals surface area contributed by atoms with Crippen molar-refractivity contribution in [3.05, 3.63) is 0 Å². The molecule has 2 bridgehead atoms. The summed E-state index contributed by atoms with van der Waals surface area (Å²) in [6, 6.07) is 0. The second-order valence-electron chi connectivity index (χ2n) is 5.54. The van der Waals surface area contributed by atoms with Gasteiger partial charge in [0.05, 0.1) is 0 Å². The second-order valence-corrected chi connectivity index (χ2v) is 5.54. The number of nitrogens with one attached hydrogen (secondary N) is 1. The molecule has 3 unspecified atom stereocenters.